The SMILES string of the molecule is S=C(NCCCCCCCn1cc(C2=CC=CNC2)nn1)c1ccccc1-c1ccccc1. The van der Waals surface area contributed by atoms with Crippen LogP contribution in [-0.2, 0) is 6.54 Å². The van der Waals surface area contributed by atoms with Crippen molar-refractivity contribution in [3.05, 3.63) is 90.4 Å². The van der Waals surface area contributed by atoms with Gasteiger partial charge in [-0.2, -0.15) is 0 Å². The molecule has 1 aliphatic rings. The molecule has 170 valence electrons. The molecule has 2 aromatic carbocycles. The number of benzene rings is 2. The van der Waals surface area contributed by atoms with Crippen molar-refractivity contribution in [3.8, 4) is 11.1 Å². The largest absolute Gasteiger partial charge is 0.387 e. The molecule has 0 saturated carbocycles. The first-order valence-corrected chi connectivity index (χ1v) is 12.1. The van der Waals surface area contributed by atoms with Crippen LogP contribution in [-0.4, -0.2) is 33.1 Å². The molecule has 0 fully saturated rings. The van der Waals surface area contributed by atoms with Crippen LogP contribution in [0.5, 0.6) is 0 Å². The van der Waals surface area contributed by atoms with Gasteiger partial charge in [-0.3, -0.25) is 4.68 Å². The van der Waals surface area contributed by atoms with Gasteiger partial charge in [0.2, 0.25) is 0 Å². The first-order valence-electron chi connectivity index (χ1n) is 11.7. The molecule has 3 aromatic rings. The van der Waals surface area contributed by atoms with Crippen LogP contribution in [0.15, 0.2) is 79.1 Å². The van der Waals surface area contributed by atoms with E-state index in [4.69, 9.17) is 12.2 Å². The second kappa shape index (κ2) is 12.1. The summed E-state index contributed by atoms with van der Waals surface area (Å²) in [5.41, 5.74) is 5.62. The minimum absolute atomic E-state index is 0.810. The van der Waals surface area contributed by atoms with E-state index in [1.807, 2.05) is 35.3 Å². The lowest BCUT2D eigenvalue weighted by atomic mass is 9.99. The van der Waals surface area contributed by atoms with Gasteiger partial charge in [-0.25, -0.2) is 0 Å². The van der Waals surface area contributed by atoms with Gasteiger partial charge in [0.05, 0.1) is 6.20 Å². The van der Waals surface area contributed by atoms with Crippen LogP contribution in [0.2, 0.25) is 0 Å². The number of nitrogens with one attached hydrogen (secondary N) is 2. The molecule has 1 aromatic heterocycles. The molecule has 0 bridgehead atoms. The van der Waals surface area contributed by atoms with Gasteiger partial charge in [0, 0.05) is 30.8 Å². The number of dihydropyridines is 1. The zero-order chi connectivity index (χ0) is 22.7. The van der Waals surface area contributed by atoms with E-state index in [1.54, 1.807) is 0 Å². The van der Waals surface area contributed by atoms with Gasteiger partial charge in [0.1, 0.15) is 10.7 Å². The Morgan fingerprint density at radius 3 is 2.61 bits per heavy atom. The van der Waals surface area contributed by atoms with Gasteiger partial charge < -0.3 is 10.6 Å². The van der Waals surface area contributed by atoms with Crippen molar-refractivity contribution in [2.24, 2.45) is 0 Å². The summed E-state index contributed by atoms with van der Waals surface area (Å²) in [5.74, 6) is 0. The fourth-order valence-corrected chi connectivity index (χ4v) is 4.25. The Balaban J connectivity index is 1.12. The summed E-state index contributed by atoms with van der Waals surface area (Å²) in [6.07, 6.45) is 13.9. The minimum Gasteiger partial charge on any atom is -0.387 e. The number of aryl methyl sites for hydroxylation is 1. The summed E-state index contributed by atoms with van der Waals surface area (Å²) >= 11 is 5.69. The van der Waals surface area contributed by atoms with E-state index in [-0.39, 0.29) is 0 Å². The lowest BCUT2D eigenvalue weighted by molar-refractivity contribution is 0.517. The first kappa shape index (κ1) is 22.9. The summed E-state index contributed by atoms with van der Waals surface area (Å²) < 4.78 is 1.96. The molecular weight excluding hydrogens is 426 g/mol. The third-order valence-electron chi connectivity index (χ3n) is 5.78. The monoisotopic (exact) mass is 457 g/mol. The smallest absolute Gasteiger partial charge is 0.110 e. The van der Waals surface area contributed by atoms with Crippen molar-refractivity contribution < 1.29 is 0 Å². The third-order valence-corrected chi connectivity index (χ3v) is 6.14. The Morgan fingerprint density at radius 1 is 0.970 bits per heavy atom. The molecule has 0 spiro atoms. The number of hydrogen-bond acceptors (Lipinski definition) is 4. The van der Waals surface area contributed by atoms with Gasteiger partial charge in [-0.05, 0) is 36.2 Å². The van der Waals surface area contributed by atoms with Crippen molar-refractivity contribution in [1.29, 1.82) is 0 Å². The quantitative estimate of drug-likeness (QED) is 0.300. The van der Waals surface area contributed by atoms with Crippen LogP contribution in [0.3, 0.4) is 0 Å². The molecule has 0 saturated heterocycles. The summed E-state index contributed by atoms with van der Waals surface area (Å²) in [6.45, 7) is 2.64. The van der Waals surface area contributed by atoms with E-state index in [9.17, 15) is 0 Å². The Bertz CT molecular complexity index is 1100. The van der Waals surface area contributed by atoms with Crippen molar-refractivity contribution in [2.75, 3.05) is 13.1 Å². The molecule has 6 heteroatoms. The second-order valence-electron chi connectivity index (χ2n) is 8.23. The topological polar surface area (TPSA) is 54.8 Å². The summed E-state index contributed by atoms with van der Waals surface area (Å²) in [7, 11) is 0. The molecular formula is C27H31N5S. The average Bonchev–Trinajstić information content (AvgIpc) is 3.35. The van der Waals surface area contributed by atoms with Crippen LogP contribution < -0.4 is 10.6 Å². The Kier molecular flexibility index (Phi) is 8.42. The lowest BCUT2D eigenvalue weighted by Crippen LogP contribution is -2.24. The molecule has 0 aliphatic carbocycles. The highest BCUT2D eigenvalue weighted by Crippen LogP contribution is 2.23. The standard InChI is InChI=1S/C27H31N5S/c33-27(25-16-8-7-15-24(25)22-12-5-4-6-13-22)29-18-9-2-1-3-10-19-32-21-26(30-31-32)23-14-11-17-28-20-23/h4-8,11-17,21,28H,1-3,9-10,18-20H2,(H,29,33). The zero-order valence-corrected chi connectivity index (χ0v) is 19.7. The van der Waals surface area contributed by atoms with E-state index in [0.717, 1.165) is 48.7 Å². The highest BCUT2D eigenvalue weighted by Gasteiger charge is 2.09. The molecule has 0 atom stereocenters. The van der Waals surface area contributed by atoms with Gasteiger partial charge in [0.25, 0.3) is 0 Å². The first-order chi connectivity index (χ1) is 16.3. The molecule has 0 unspecified atom stereocenters. The molecule has 33 heavy (non-hydrogen) atoms. The summed E-state index contributed by atoms with van der Waals surface area (Å²) in [5, 5.41) is 15.2. The fraction of sp³-hybridized carbons (Fsp3) is 0.296. The number of thiocarbonyl (C=S) groups is 1. The van der Waals surface area contributed by atoms with Gasteiger partial charge >= 0.3 is 0 Å². The number of rotatable bonds is 11. The lowest BCUT2D eigenvalue weighted by Gasteiger charge is -2.13. The average molecular weight is 458 g/mol. The van der Waals surface area contributed by atoms with E-state index in [0.29, 0.717) is 0 Å². The number of allylic oxidation sites excluding steroid dienone is 2. The number of nitrogens with zero attached hydrogens (tertiary/aromatic N) is 3. The molecule has 0 radical (unpaired) electrons. The van der Waals surface area contributed by atoms with E-state index in [1.165, 1.54) is 36.0 Å². The molecule has 0 amide bonds. The number of unbranched alkanes of at least 4 members (excludes halogenated alkanes) is 4. The molecule has 1 aliphatic heterocycles. The van der Waals surface area contributed by atoms with Gasteiger partial charge in [0.15, 0.2) is 0 Å². The maximum atomic E-state index is 5.69. The normalized spacial score (nSPS) is 12.8. The Labute approximate surface area is 201 Å². The van der Waals surface area contributed by atoms with Crippen molar-refractivity contribution in [3.63, 3.8) is 0 Å². The van der Waals surface area contributed by atoms with Crippen molar-refractivity contribution in [2.45, 2.75) is 38.6 Å². The van der Waals surface area contributed by atoms with E-state index >= 15 is 0 Å². The molecule has 2 N–H and O–H groups in total. The number of aromatic nitrogens is 3. The maximum absolute atomic E-state index is 5.69. The molecule has 5 nitrogen and oxygen atoms in total. The fourth-order valence-electron chi connectivity index (χ4n) is 3.97. The summed E-state index contributed by atoms with van der Waals surface area (Å²) in [4.78, 5) is 0.829. The van der Waals surface area contributed by atoms with Crippen LogP contribution in [0.25, 0.3) is 16.7 Å². The Hall–Kier alpha value is -3.25. The second-order valence-corrected chi connectivity index (χ2v) is 8.64. The molecule has 4 rings (SSSR count). The summed E-state index contributed by atoms with van der Waals surface area (Å²) in [6, 6.07) is 18.8. The predicted octanol–water partition coefficient (Wildman–Crippen LogP) is 5.36. The minimum atomic E-state index is 0.810. The zero-order valence-electron chi connectivity index (χ0n) is 18.9. The third kappa shape index (κ3) is 6.62. The van der Waals surface area contributed by atoms with E-state index in [2.05, 4.69) is 69.5 Å². The maximum Gasteiger partial charge on any atom is 0.110 e. The highest BCUT2D eigenvalue weighted by atomic mass is 32.1. The van der Waals surface area contributed by atoms with Crippen molar-refractivity contribution in [1.82, 2.24) is 25.6 Å². The van der Waals surface area contributed by atoms with Crippen LogP contribution in [0, 0.1) is 0 Å². The van der Waals surface area contributed by atoms with Crippen LogP contribution in [0.4, 0.5) is 0 Å². The Morgan fingerprint density at radius 2 is 1.76 bits per heavy atom. The van der Waals surface area contributed by atoms with Crippen LogP contribution in [0.1, 0.15) is 43.4 Å². The predicted molar refractivity (Wildman–Crippen MR) is 140 cm³/mol. The van der Waals surface area contributed by atoms with E-state index < -0.39 is 0 Å². The van der Waals surface area contributed by atoms with Crippen molar-refractivity contribution >= 4 is 22.8 Å². The van der Waals surface area contributed by atoms with Gasteiger partial charge in [-0.1, -0.05) is 97.4 Å². The van der Waals surface area contributed by atoms with Gasteiger partial charge in [-0.15, -0.1) is 5.10 Å². The molecule has 2 heterocycles. The van der Waals surface area contributed by atoms with Crippen LogP contribution >= 0.6 is 12.2 Å². The number of hydrogen-bond donors (Lipinski definition) is 2. The highest BCUT2D eigenvalue weighted by molar-refractivity contribution is 7.80.